The fourth-order valence-corrected chi connectivity index (χ4v) is 3.44. The van der Waals surface area contributed by atoms with Gasteiger partial charge in [0.2, 0.25) is 0 Å². The zero-order valence-corrected chi connectivity index (χ0v) is 9.95. The molecule has 4 heterocycles. The fourth-order valence-electron chi connectivity index (χ4n) is 3.37. The summed E-state index contributed by atoms with van der Waals surface area (Å²) in [6.07, 6.45) is 0. The predicted octanol–water partition coefficient (Wildman–Crippen LogP) is 0.638. The van der Waals surface area contributed by atoms with Gasteiger partial charge >= 0.3 is 0 Å². The molecule has 4 bridgehead atoms. The van der Waals surface area contributed by atoms with Crippen LogP contribution in [0.15, 0.2) is 11.1 Å². The zero-order valence-electron chi connectivity index (χ0n) is 9.19. The van der Waals surface area contributed by atoms with E-state index in [9.17, 15) is 0 Å². The van der Waals surface area contributed by atoms with Crippen molar-refractivity contribution in [3.63, 3.8) is 0 Å². The molecule has 0 aromatic heterocycles. The van der Waals surface area contributed by atoms with Crippen molar-refractivity contribution in [1.82, 2.24) is 14.7 Å². The van der Waals surface area contributed by atoms with Gasteiger partial charge in [-0.3, -0.25) is 4.48 Å². The van der Waals surface area contributed by atoms with Gasteiger partial charge in [-0.2, -0.15) is 0 Å². The lowest BCUT2D eigenvalue weighted by atomic mass is 10.2. The van der Waals surface area contributed by atoms with Crippen molar-refractivity contribution in [1.29, 1.82) is 0 Å². The maximum Gasteiger partial charge on any atom is 0.139 e. The first-order valence-corrected chi connectivity index (χ1v) is 5.91. The molecule has 84 valence electrons. The number of rotatable bonds is 2. The maximum absolute atomic E-state index is 5.78. The minimum Gasteiger partial charge on any atom is -0.282 e. The van der Waals surface area contributed by atoms with Crippen LogP contribution >= 0.6 is 11.6 Å². The molecule has 0 spiro atoms. The van der Waals surface area contributed by atoms with E-state index in [4.69, 9.17) is 11.6 Å². The standard InChI is InChI=1S/C10H18ClN4/c1-10(2-11)3-15-7-12-4-13(8-15)6-14(5-12)9-15/h2H,3-9H2,1H3/q+1/b10-2+. The van der Waals surface area contributed by atoms with Crippen LogP contribution in [0.5, 0.6) is 0 Å². The third kappa shape index (κ3) is 1.70. The largest absolute Gasteiger partial charge is 0.282 e. The molecule has 4 aliphatic rings. The molecule has 0 saturated carbocycles. The summed E-state index contributed by atoms with van der Waals surface area (Å²) in [6, 6.07) is 0. The molecule has 0 aromatic rings. The molecule has 0 aromatic carbocycles. The summed E-state index contributed by atoms with van der Waals surface area (Å²) < 4.78 is 1.15. The molecule has 15 heavy (non-hydrogen) atoms. The van der Waals surface area contributed by atoms with Crippen LogP contribution in [0.4, 0.5) is 0 Å². The molecule has 0 atom stereocenters. The second-order valence-corrected chi connectivity index (χ2v) is 5.53. The Hall–Kier alpha value is -0.130. The lowest BCUT2D eigenvalue weighted by Gasteiger charge is -2.60. The molecule has 4 rings (SSSR count). The van der Waals surface area contributed by atoms with Crippen molar-refractivity contribution < 1.29 is 4.48 Å². The Morgan fingerprint density at radius 2 is 1.60 bits per heavy atom. The Labute approximate surface area is 95.9 Å². The monoisotopic (exact) mass is 229 g/mol. The van der Waals surface area contributed by atoms with Crippen LogP contribution in [-0.4, -0.2) is 65.7 Å². The summed E-state index contributed by atoms with van der Waals surface area (Å²) in [5, 5.41) is 0. The van der Waals surface area contributed by atoms with E-state index in [1.807, 2.05) is 0 Å². The van der Waals surface area contributed by atoms with Crippen LogP contribution in [0.25, 0.3) is 0 Å². The average Bonchev–Trinajstić information content (AvgIpc) is 2.14. The third-order valence-corrected chi connectivity index (χ3v) is 3.84. The molecular formula is C10H18ClN4+. The molecule has 0 N–H and O–H groups in total. The summed E-state index contributed by atoms with van der Waals surface area (Å²) >= 11 is 5.78. The first-order valence-electron chi connectivity index (χ1n) is 5.47. The normalized spacial score (nSPS) is 48.7. The van der Waals surface area contributed by atoms with Crippen molar-refractivity contribution >= 4 is 11.6 Å². The third-order valence-electron chi connectivity index (χ3n) is 3.47. The summed E-state index contributed by atoms with van der Waals surface area (Å²) in [5.74, 6) is 0. The number of nitrogens with zero attached hydrogens (tertiary/aromatic N) is 4. The highest BCUT2D eigenvalue weighted by atomic mass is 35.5. The van der Waals surface area contributed by atoms with E-state index in [0.717, 1.165) is 31.0 Å². The van der Waals surface area contributed by atoms with Gasteiger partial charge in [0.15, 0.2) is 0 Å². The van der Waals surface area contributed by atoms with E-state index in [-0.39, 0.29) is 0 Å². The molecule has 0 aliphatic carbocycles. The Kier molecular flexibility index (Phi) is 2.30. The van der Waals surface area contributed by atoms with Crippen molar-refractivity contribution in [2.75, 3.05) is 46.6 Å². The summed E-state index contributed by atoms with van der Waals surface area (Å²) in [4.78, 5) is 7.58. The van der Waals surface area contributed by atoms with Gasteiger partial charge in [-0.1, -0.05) is 11.6 Å². The van der Waals surface area contributed by atoms with E-state index in [1.54, 1.807) is 5.54 Å². The second-order valence-electron chi connectivity index (χ2n) is 5.32. The van der Waals surface area contributed by atoms with E-state index >= 15 is 0 Å². The molecule has 4 saturated heterocycles. The van der Waals surface area contributed by atoms with E-state index in [1.165, 1.54) is 25.6 Å². The van der Waals surface area contributed by atoms with Crippen molar-refractivity contribution in [2.45, 2.75) is 6.92 Å². The highest BCUT2D eigenvalue weighted by Gasteiger charge is 2.48. The Morgan fingerprint density at radius 1 is 1.13 bits per heavy atom. The first-order chi connectivity index (χ1) is 7.19. The highest BCUT2D eigenvalue weighted by Crippen LogP contribution is 2.29. The molecule has 0 radical (unpaired) electrons. The van der Waals surface area contributed by atoms with Crippen molar-refractivity contribution in [3.8, 4) is 0 Å². The van der Waals surface area contributed by atoms with Crippen LogP contribution in [0, 0.1) is 0 Å². The van der Waals surface area contributed by atoms with Crippen LogP contribution < -0.4 is 0 Å². The molecule has 0 unspecified atom stereocenters. The number of halogens is 1. The lowest BCUT2D eigenvalue weighted by molar-refractivity contribution is -0.976. The number of hydrogen-bond donors (Lipinski definition) is 0. The number of hydrogen-bond acceptors (Lipinski definition) is 3. The van der Waals surface area contributed by atoms with Crippen molar-refractivity contribution in [3.05, 3.63) is 11.1 Å². The van der Waals surface area contributed by atoms with Gasteiger partial charge in [-0.15, -0.1) is 0 Å². The Bertz CT molecular complexity index is 267. The highest BCUT2D eigenvalue weighted by molar-refractivity contribution is 6.25. The minimum atomic E-state index is 1.09. The van der Waals surface area contributed by atoms with Crippen LogP contribution in [0.2, 0.25) is 0 Å². The smallest absolute Gasteiger partial charge is 0.139 e. The van der Waals surface area contributed by atoms with Gasteiger partial charge in [0.25, 0.3) is 0 Å². The van der Waals surface area contributed by atoms with Gasteiger partial charge in [0.05, 0.1) is 20.0 Å². The summed E-state index contributed by atoms with van der Waals surface area (Å²) in [6.45, 7) is 10.2. The lowest BCUT2D eigenvalue weighted by Crippen LogP contribution is -2.79. The van der Waals surface area contributed by atoms with E-state index < -0.39 is 0 Å². The molecule has 4 fully saturated rings. The Morgan fingerprint density at radius 3 is 2.00 bits per heavy atom. The van der Waals surface area contributed by atoms with E-state index in [2.05, 4.69) is 21.6 Å². The Balaban J connectivity index is 1.81. The maximum atomic E-state index is 5.78. The zero-order chi connectivity index (χ0) is 10.5. The number of quaternary nitrogens is 1. The second kappa shape index (κ2) is 3.43. The van der Waals surface area contributed by atoms with Gasteiger partial charge in [-0.25, -0.2) is 14.7 Å². The molecule has 4 nitrogen and oxygen atoms in total. The molecule has 0 amide bonds. The first kappa shape index (κ1) is 10.1. The molecule has 5 heteroatoms. The SMILES string of the molecule is C/C(=C\Cl)C[N+]12CN3CN(CN(C3)C1)C2. The molecular weight excluding hydrogens is 212 g/mol. The van der Waals surface area contributed by atoms with Crippen LogP contribution in [0.1, 0.15) is 6.92 Å². The van der Waals surface area contributed by atoms with Crippen LogP contribution in [0.3, 0.4) is 0 Å². The quantitative estimate of drug-likeness (QED) is 0.644. The van der Waals surface area contributed by atoms with Gasteiger partial charge < -0.3 is 0 Å². The fraction of sp³-hybridized carbons (Fsp3) is 0.800. The van der Waals surface area contributed by atoms with Gasteiger partial charge in [-0.05, 0) is 12.5 Å². The minimum absolute atomic E-state index is 1.09. The molecule has 4 aliphatic heterocycles. The average molecular weight is 230 g/mol. The van der Waals surface area contributed by atoms with Gasteiger partial charge in [0.1, 0.15) is 26.6 Å². The predicted molar refractivity (Wildman–Crippen MR) is 59.5 cm³/mol. The van der Waals surface area contributed by atoms with Crippen molar-refractivity contribution in [2.24, 2.45) is 0 Å². The summed E-state index contributed by atoms with van der Waals surface area (Å²) in [5.41, 5.74) is 3.03. The van der Waals surface area contributed by atoms with Gasteiger partial charge in [0, 0.05) is 5.54 Å². The topological polar surface area (TPSA) is 9.72 Å². The van der Waals surface area contributed by atoms with Crippen LogP contribution in [-0.2, 0) is 0 Å². The summed E-state index contributed by atoms with van der Waals surface area (Å²) in [7, 11) is 0. The van der Waals surface area contributed by atoms with E-state index in [0.29, 0.717) is 0 Å².